The molecule has 20 heavy (non-hydrogen) atoms. The molecule has 0 amide bonds. The average molecular weight is 290 g/mol. The van der Waals surface area contributed by atoms with Crippen molar-refractivity contribution >= 4 is 11.6 Å². The quantitative estimate of drug-likeness (QED) is 0.879. The van der Waals surface area contributed by atoms with Gasteiger partial charge >= 0.3 is 0 Å². The van der Waals surface area contributed by atoms with Crippen LogP contribution in [0.4, 0.5) is 4.39 Å². The second-order valence-electron chi connectivity index (χ2n) is 4.03. The monoisotopic (exact) mass is 289 g/mol. The van der Waals surface area contributed by atoms with Gasteiger partial charge in [-0.1, -0.05) is 41.6 Å². The molecule has 0 aliphatic carbocycles. The van der Waals surface area contributed by atoms with Gasteiger partial charge in [0.1, 0.15) is 18.2 Å². The molecule has 0 saturated carbocycles. The SMILES string of the molecule is NCC#Cc1ccccc1COc1ccc(F)c(Cl)c1. The molecule has 2 rings (SSSR count). The van der Waals surface area contributed by atoms with Gasteiger partial charge in [0, 0.05) is 17.2 Å². The van der Waals surface area contributed by atoms with E-state index in [1.807, 2.05) is 24.3 Å². The zero-order valence-corrected chi connectivity index (χ0v) is 11.5. The van der Waals surface area contributed by atoms with E-state index in [2.05, 4.69) is 11.8 Å². The highest BCUT2D eigenvalue weighted by molar-refractivity contribution is 6.30. The molecule has 0 unspecified atom stereocenters. The molecule has 0 aliphatic heterocycles. The molecule has 0 bridgehead atoms. The average Bonchev–Trinajstić information content (AvgIpc) is 2.47. The Morgan fingerprint density at radius 3 is 2.75 bits per heavy atom. The van der Waals surface area contributed by atoms with E-state index < -0.39 is 5.82 Å². The first-order valence-electron chi connectivity index (χ1n) is 6.05. The fourth-order valence-electron chi connectivity index (χ4n) is 1.64. The van der Waals surface area contributed by atoms with Gasteiger partial charge in [0.25, 0.3) is 0 Å². The van der Waals surface area contributed by atoms with Crippen LogP contribution < -0.4 is 10.5 Å². The van der Waals surface area contributed by atoms with Crippen molar-refractivity contribution in [3.8, 4) is 17.6 Å². The Labute approximate surface area is 122 Å². The Kier molecular flexibility index (Phi) is 5.00. The Bertz CT molecular complexity index is 661. The van der Waals surface area contributed by atoms with E-state index in [-0.39, 0.29) is 5.02 Å². The lowest BCUT2D eigenvalue weighted by Crippen LogP contribution is -1.99. The van der Waals surface area contributed by atoms with E-state index >= 15 is 0 Å². The van der Waals surface area contributed by atoms with E-state index in [9.17, 15) is 4.39 Å². The van der Waals surface area contributed by atoms with Gasteiger partial charge < -0.3 is 10.5 Å². The van der Waals surface area contributed by atoms with Crippen LogP contribution in [0.2, 0.25) is 5.02 Å². The minimum Gasteiger partial charge on any atom is -0.489 e. The van der Waals surface area contributed by atoms with Crippen LogP contribution >= 0.6 is 11.6 Å². The highest BCUT2D eigenvalue weighted by atomic mass is 35.5. The molecule has 0 radical (unpaired) electrons. The first kappa shape index (κ1) is 14.4. The number of rotatable bonds is 3. The van der Waals surface area contributed by atoms with E-state index in [0.717, 1.165) is 11.1 Å². The summed E-state index contributed by atoms with van der Waals surface area (Å²) in [6, 6.07) is 11.9. The molecular formula is C16H13ClFNO. The Morgan fingerprint density at radius 2 is 2.00 bits per heavy atom. The Morgan fingerprint density at radius 1 is 1.20 bits per heavy atom. The second kappa shape index (κ2) is 6.95. The summed E-state index contributed by atoms with van der Waals surface area (Å²) in [4.78, 5) is 0. The molecule has 2 aromatic carbocycles. The van der Waals surface area contributed by atoms with Gasteiger partial charge in [0.15, 0.2) is 0 Å². The van der Waals surface area contributed by atoms with Crippen molar-refractivity contribution in [2.24, 2.45) is 5.73 Å². The van der Waals surface area contributed by atoms with Gasteiger partial charge in [-0.15, -0.1) is 0 Å². The standard InChI is InChI=1S/C16H13ClFNO/c17-15-10-14(7-8-16(15)18)20-11-13-5-2-1-4-12(13)6-3-9-19/h1-2,4-5,7-8,10H,9,11,19H2. The normalized spacial score (nSPS) is 9.75. The lowest BCUT2D eigenvalue weighted by molar-refractivity contribution is 0.305. The molecule has 102 valence electrons. The predicted molar refractivity (Wildman–Crippen MR) is 78.1 cm³/mol. The minimum atomic E-state index is -0.465. The number of ether oxygens (including phenoxy) is 1. The molecule has 4 heteroatoms. The maximum atomic E-state index is 13.0. The second-order valence-corrected chi connectivity index (χ2v) is 4.43. The van der Waals surface area contributed by atoms with Gasteiger partial charge in [0.05, 0.1) is 11.6 Å². The Hall–Kier alpha value is -2.02. The summed E-state index contributed by atoms with van der Waals surface area (Å²) in [5, 5.41) is 0.0405. The topological polar surface area (TPSA) is 35.2 Å². The zero-order valence-electron chi connectivity index (χ0n) is 10.7. The minimum absolute atomic E-state index is 0.0405. The molecule has 2 N–H and O–H groups in total. The molecule has 0 heterocycles. The van der Waals surface area contributed by atoms with Gasteiger partial charge in [-0.3, -0.25) is 0 Å². The van der Waals surface area contributed by atoms with E-state index in [1.165, 1.54) is 18.2 Å². The van der Waals surface area contributed by atoms with Crippen LogP contribution in [-0.4, -0.2) is 6.54 Å². The third-order valence-corrected chi connectivity index (χ3v) is 2.92. The summed E-state index contributed by atoms with van der Waals surface area (Å²) >= 11 is 5.70. The summed E-state index contributed by atoms with van der Waals surface area (Å²) in [6.45, 7) is 0.639. The van der Waals surface area contributed by atoms with Crippen molar-refractivity contribution in [3.63, 3.8) is 0 Å². The van der Waals surface area contributed by atoms with Crippen molar-refractivity contribution in [2.45, 2.75) is 6.61 Å². The van der Waals surface area contributed by atoms with Crippen LogP contribution in [-0.2, 0) is 6.61 Å². The highest BCUT2D eigenvalue weighted by Crippen LogP contribution is 2.22. The smallest absolute Gasteiger partial charge is 0.142 e. The molecule has 0 aromatic heterocycles. The van der Waals surface area contributed by atoms with Crippen LogP contribution in [0.1, 0.15) is 11.1 Å². The van der Waals surface area contributed by atoms with Crippen molar-refractivity contribution in [3.05, 3.63) is 64.4 Å². The first-order chi connectivity index (χ1) is 9.70. The molecule has 0 saturated heterocycles. The summed E-state index contributed by atoms with van der Waals surface area (Å²) in [5.41, 5.74) is 7.17. The van der Waals surface area contributed by atoms with E-state index in [4.69, 9.17) is 22.1 Å². The van der Waals surface area contributed by atoms with Gasteiger partial charge in [-0.2, -0.15) is 0 Å². The van der Waals surface area contributed by atoms with Crippen LogP contribution in [0.5, 0.6) is 5.75 Å². The molecule has 0 atom stereocenters. The van der Waals surface area contributed by atoms with Crippen molar-refractivity contribution < 1.29 is 9.13 Å². The zero-order chi connectivity index (χ0) is 14.4. The number of nitrogens with two attached hydrogens (primary N) is 1. The highest BCUT2D eigenvalue weighted by Gasteiger charge is 2.04. The summed E-state index contributed by atoms with van der Waals surface area (Å²) < 4.78 is 18.6. The van der Waals surface area contributed by atoms with Crippen molar-refractivity contribution in [1.82, 2.24) is 0 Å². The van der Waals surface area contributed by atoms with Crippen LogP contribution in [0.15, 0.2) is 42.5 Å². The molecule has 0 fully saturated rings. The van der Waals surface area contributed by atoms with Crippen LogP contribution in [0, 0.1) is 17.7 Å². The third-order valence-electron chi connectivity index (χ3n) is 2.63. The number of hydrogen-bond acceptors (Lipinski definition) is 2. The fraction of sp³-hybridized carbons (Fsp3) is 0.125. The molecule has 2 nitrogen and oxygen atoms in total. The third kappa shape index (κ3) is 3.74. The first-order valence-corrected chi connectivity index (χ1v) is 6.43. The number of hydrogen-bond donors (Lipinski definition) is 1. The number of halogens is 2. The fourth-order valence-corrected chi connectivity index (χ4v) is 1.81. The lowest BCUT2D eigenvalue weighted by atomic mass is 10.1. The summed E-state index contributed by atoms with van der Waals surface area (Å²) in [7, 11) is 0. The summed E-state index contributed by atoms with van der Waals surface area (Å²) in [5.74, 6) is 5.85. The van der Waals surface area contributed by atoms with Gasteiger partial charge in [0.2, 0.25) is 0 Å². The molecule has 0 spiro atoms. The molecular weight excluding hydrogens is 277 g/mol. The maximum absolute atomic E-state index is 13.0. The summed E-state index contributed by atoms with van der Waals surface area (Å²) in [6.07, 6.45) is 0. The lowest BCUT2D eigenvalue weighted by Gasteiger charge is -2.08. The van der Waals surface area contributed by atoms with E-state index in [1.54, 1.807) is 0 Å². The Balaban J connectivity index is 2.12. The number of benzene rings is 2. The van der Waals surface area contributed by atoms with Crippen LogP contribution in [0.25, 0.3) is 0 Å². The van der Waals surface area contributed by atoms with Crippen molar-refractivity contribution in [1.29, 1.82) is 0 Å². The van der Waals surface area contributed by atoms with Gasteiger partial charge in [-0.05, 0) is 18.2 Å². The van der Waals surface area contributed by atoms with E-state index in [0.29, 0.717) is 18.9 Å². The molecule has 2 aromatic rings. The molecule has 0 aliphatic rings. The predicted octanol–water partition coefficient (Wildman–Crippen LogP) is 3.37. The largest absolute Gasteiger partial charge is 0.489 e. The van der Waals surface area contributed by atoms with Crippen molar-refractivity contribution in [2.75, 3.05) is 6.54 Å². The van der Waals surface area contributed by atoms with Crippen LogP contribution in [0.3, 0.4) is 0 Å². The maximum Gasteiger partial charge on any atom is 0.142 e. The van der Waals surface area contributed by atoms with Gasteiger partial charge in [-0.25, -0.2) is 4.39 Å².